The molecule has 5 unspecified atom stereocenters. The van der Waals surface area contributed by atoms with Crippen molar-refractivity contribution in [2.75, 3.05) is 0 Å². The molecule has 1 saturated carbocycles. The van der Waals surface area contributed by atoms with E-state index in [1.54, 1.807) is 0 Å². The van der Waals surface area contributed by atoms with Gasteiger partial charge in [0.25, 0.3) is 0 Å². The minimum atomic E-state index is 0.714. The third kappa shape index (κ3) is 7.52. The van der Waals surface area contributed by atoms with Gasteiger partial charge in [-0.15, -0.1) is 6.58 Å². The van der Waals surface area contributed by atoms with Crippen LogP contribution in [0.3, 0.4) is 0 Å². The molecule has 0 aliphatic heterocycles. The number of hydrogen-bond donors (Lipinski definition) is 0. The molecule has 0 bridgehead atoms. The molecule has 0 nitrogen and oxygen atoms in total. The van der Waals surface area contributed by atoms with E-state index in [1.165, 1.54) is 51.4 Å². The molecule has 0 aromatic heterocycles. The Balaban J connectivity index is 2.40. The number of rotatable bonds is 12. The molecule has 0 N–H and O–H groups in total. The van der Waals surface area contributed by atoms with Crippen molar-refractivity contribution >= 4 is 0 Å². The lowest BCUT2D eigenvalue weighted by Gasteiger charge is -2.25. The Hall–Kier alpha value is -0.260. The zero-order valence-electron chi connectivity index (χ0n) is 15.4. The molecule has 0 aromatic rings. The van der Waals surface area contributed by atoms with E-state index in [1.807, 2.05) is 0 Å². The van der Waals surface area contributed by atoms with Gasteiger partial charge in [-0.3, -0.25) is 0 Å². The van der Waals surface area contributed by atoms with Crippen LogP contribution in [0.25, 0.3) is 0 Å². The van der Waals surface area contributed by atoms with Crippen LogP contribution < -0.4 is 0 Å². The molecule has 1 fully saturated rings. The zero-order valence-corrected chi connectivity index (χ0v) is 15.4. The highest BCUT2D eigenvalue weighted by Gasteiger charge is 2.39. The Morgan fingerprint density at radius 1 is 1.00 bits per heavy atom. The summed E-state index contributed by atoms with van der Waals surface area (Å²) in [5, 5.41) is 0. The summed E-state index contributed by atoms with van der Waals surface area (Å²) >= 11 is 0. The van der Waals surface area contributed by atoms with Gasteiger partial charge in [-0.05, 0) is 61.2 Å². The van der Waals surface area contributed by atoms with E-state index in [9.17, 15) is 0 Å². The summed E-state index contributed by atoms with van der Waals surface area (Å²) in [5.74, 6) is 5.54. The summed E-state index contributed by atoms with van der Waals surface area (Å²) in [5.41, 5.74) is 0. The summed E-state index contributed by atoms with van der Waals surface area (Å²) in [7, 11) is 0. The first-order chi connectivity index (χ1) is 9.97. The number of allylic oxidation sites excluding steroid dienone is 1. The van der Waals surface area contributed by atoms with Gasteiger partial charge in [-0.2, -0.15) is 0 Å². The first-order valence-electron chi connectivity index (χ1n) is 9.60. The minimum absolute atomic E-state index is 0.714. The Morgan fingerprint density at radius 2 is 1.67 bits per heavy atom. The van der Waals surface area contributed by atoms with Gasteiger partial charge in [0, 0.05) is 0 Å². The normalized spacial score (nSPS) is 25.6. The number of hydrogen-bond acceptors (Lipinski definition) is 0. The quantitative estimate of drug-likeness (QED) is 0.336. The average Bonchev–Trinajstić information content (AvgIpc) is 3.17. The van der Waals surface area contributed by atoms with Gasteiger partial charge < -0.3 is 0 Å². The van der Waals surface area contributed by atoms with Crippen molar-refractivity contribution in [3.63, 3.8) is 0 Å². The second-order valence-corrected chi connectivity index (χ2v) is 8.29. The molecule has 0 spiro atoms. The molecule has 0 radical (unpaired) electrons. The maximum atomic E-state index is 3.94. The van der Waals surface area contributed by atoms with Crippen molar-refractivity contribution in [2.24, 2.45) is 35.5 Å². The molecule has 1 aliphatic rings. The molecular weight excluding hydrogens is 252 g/mol. The van der Waals surface area contributed by atoms with Gasteiger partial charge in [0.05, 0.1) is 0 Å². The van der Waals surface area contributed by atoms with E-state index >= 15 is 0 Å². The number of unbranched alkanes of at least 4 members (excludes halogenated alkanes) is 1. The Morgan fingerprint density at radius 3 is 2.24 bits per heavy atom. The maximum absolute atomic E-state index is 3.94. The van der Waals surface area contributed by atoms with Crippen molar-refractivity contribution in [1.29, 1.82) is 0 Å². The minimum Gasteiger partial charge on any atom is -0.103 e. The highest BCUT2D eigenvalue weighted by Crippen LogP contribution is 2.49. The highest BCUT2D eigenvalue weighted by atomic mass is 14.4. The molecule has 21 heavy (non-hydrogen) atoms. The van der Waals surface area contributed by atoms with E-state index in [-0.39, 0.29) is 0 Å². The van der Waals surface area contributed by atoms with E-state index in [2.05, 4.69) is 47.3 Å². The Bertz CT molecular complexity index is 278. The van der Waals surface area contributed by atoms with Crippen LogP contribution in [-0.2, 0) is 0 Å². The van der Waals surface area contributed by atoms with Gasteiger partial charge in [-0.1, -0.05) is 66.4 Å². The molecule has 1 aliphatic carbocycles. The molecule has 1 rings (SSSR count). The molecule has 124 valence electrons. The van der Waals surface area contributed by atoms with Gasteiger partial charge in [0.2, 0.25) is 0 Å². The SMILES string of the molecule is C=CC(C)CC1CC1CC(CCC(C)C)C(C)CCCC. The van der Waals surface area contributed by atoms with E-state index in [0.717, 1.165) is 29.6 Å². The first-order valence-corrected chi connectivity index (χ1v) is 9.60. The van der Waals surface area contributed by atoms with E-state index < -0.39 is 0 Å². The fourth-order valence-electron chi connectivity index (χ4n) is 3.79. The van der Waals surface area contributed by atoms with Crippen LogP contribution in [0, 0.1) is 35.5 Å². The first kappa shape index (κ1) is 18.8. The molecule has 0 heteroatoms. The Labute approximate surface area is 134 Å². The van der Waals surface area contributed by atoms with Crippen LogP contribution in [0.2, 0.25) is 0 Å². The predicted molar refractivity (Wildman–Crippen MR) is 96.4 cm³/mol. The fraction of sp³-hybridized carbons (Fsp3) is 0.905. The standard InChI is InChI=1S/C21H40/c1-7-9-10-18(6)19(12-11-16(3)4)14-21-15-20(21)13-17(5)8-2/h8,16-21H,2,7,9-15H2,1,3-6H3. The molecule has 0 heterocycles. The summed E-state index contributed by atoms with van der Waals surface area (Å²) in [6.45, 7) is 15.9. The largest absolute Gasteiger partial charge is 0.103 e. The second kappa shape index (κ2) is 9.70. The van der Waals surface area contributed by atoms with E-state index in [4.69, 9.17) is 0 Å². The highest BCUT2D eigenvalue weighted by molar-refractivity contribution is 4.92. The Kier molecular flexibility index (Phi) is 8.67. The molecule has 0 amide bonds. The van der Waals surface area contributed by atoms with Crippen LogP contribution in [0.4, 0.5) is 0 Å². The zero-order chi connectivity index (χ0) is 15.8. The van der Waals surface area contributed by atoms with Crippen LogP contribution in [0.5, 0.6) is 0 Å². The smallest absolute Gasteiger partial charge is 0.0262 e. The maximum Gasteiger partial charge on any atom is -0.0262 e. The van der Waals surface area contributed by atoms with Gasteiger partial charge >= 0.3 is 0 Å². The van der Waals surface area contributed by atoms with Gasteiger partial charge in [-0.25, -0.2) is 0 Å². The van der Waals surface area contributed by atoms with Crippen molar-refractivity contribution in [2.45, 2.75) is 86.0 Å². The lowest BCUT2D eigenvalue weighted by atomic mass is 9.81. The predicted octanol–water partition coefficient (Wildman–Crippen LogP) is 7.10. The lowest BCUT2D eigenvalue weighted by molar-refractivity contribution is 0.260. The third-order valence-electron chi connectivity index (χ3n) is 5.68. The summed E-state index contributed by atoms with van der Waals surface area (Å²) in [4.78, 5) is 0. The van der Waals surface area contributed by atoms with Gasteiger partial charge in [0.1, 0.15) is 0 Å². The monoisotopic (exact) mass is 292 g/mol. The molecule has 0 aromatic carbocycles. The summed E-state index contributed by atoms with van der Waals surface area (Å²) in [6.07, 6.45) is 13.6. The van der Waals surface area contributed by atoms with Crippen molar-refractivity contribution in [3.8, 4) is 0 Å². The lowest BCUT2D eigenvalue weighted by Crippen LogP contribution is -2.14. The third-order valence-corrected chi connectivity index (χ3v) is 5.68. The topological polar surface area (TPSA) is 0 Å². The van der Waals surface area contributed by atoms with E-state index in [0.29, 0.717) is 5.92 Å². The van der Waals surface area contributed by atoms with Crippen LogP contribution in [0.15, 0.2) is 12.7 Å². The van der Waals surface area contributed by atoms with Crippen molar-refractivity contribution < 1.29 is 0 Å². The summed E-state index contributed by atoms with van der Waals surface area (Å²) in [6, 6.07) is 0. The van der Waals surface area contributed by atoms with Crippen molar-refractivity contribution in [3.05, 3.63) is 12.7 Å². The van der Waals surface area contributed by atoms with Crippen molar-refractivity contribution in [1.82, 2.24) is 0 Å². The van der Waals surface area contributed by atoms with Crippen LogP contribution in [0.1, 0.15) is 86.0 Å². The van der Waals surface area contributed by atoms with Gasteiger partial charge in [0.15, 0.2) is 0 Å². The molecule has 5 atom stereocenters. The summed E-state index contributed by atoms with van der Waals surface area (Å²) < 4.78 is 0. The van der Waals surface area contributed by atoms with Crippen LogP contribution in [-0.4, -0.2) is 0 Å². The molecular formula is C21H40. The average molecular weight is 293 g/mol. The molecule has 0 saturated heterocycles. The van der Waals surface area contributed by atoms with Crippen LogP contribution >= 0.6 is 0 Å². The fourth-order valence-corrected chi connectivity index (χ4v) is 3.79. The second-order valence-electron chi connectivity index (χ2n) is 8.29.